The van der Waals surface area contributed by atoms with Gasteiger partial charge in [-0.3, -0.25) is 0 Å². The third-order valence-corrected chi connectivity index (χ3v) is 1.54. The minimum Gasteiger partial charge on any atom is -0.370 e. The van der Waals surface area contributed by atoms with Gasteiger partial charge in [0.1, 0.15) is 6.29 Å². The van der Waals surface area contributed by atoms with E-state index in [0.29, 0.717) is 12.6 Å². The zero-order valence-electron chi connectivity index (χ0n) is 7.89. The van der Waals surface area contributed by atoms with Crippen molar-refractivity contribution in [1.82, 2.24) is 10.6 Å². The summed E-state index contributed by atoms with van der Waals surface area (Å²) in [4.78, 5) is 9.99. The average molecular weight is 170 g/mol. The summed E-state index contributed by atoms with van der Waals surface area (Å²) < 4.78 is 0. The lowest BCUT2D eigenvalue weighted by Gasteiger charge is -2.16. The first-order valence-electron chi connectivity index (χ1n) is 4.33. The first kappa shape index (κ1) is 11.0. The molecule has 70 valence electrons. The Bertz CT molecular complexity index is 145. The number of hydrogen-bond donors (Lipinski definition) is 2. The fraction of sp³-hybridized carbons (Fsp3) is 0.667. The van der Waals surface area contributed by atoms with Gasteiger partial charge in [-0.05, 0) is 13.3 Å². The smallest absolute Gasteiger partial charge is 0.139 e. The van der Waals surface area contributed by atoms with E-state index in [-0.39, 0.29) is 0 Å². The van der Waals surface area contributed by atoms with Crippen LogP contribution in [0.25, 0.3) is 0 Å². The lowest BCUT2D eigenvalue weighted by Crippen LogP contribution is -2.33. The Morgan fingerprint density at radius 3 is 2.83 bits per heavy atom. The first-order chi connectivity index (χ1) is 5.70. The van der Waals surface area contributed by atoms with Gasteiger partial charge in [-0.25, -0.2) is 0 Å². The molecule has 0 rings (SSSR count). The molecule has 0 fully saturated rings. The van der Waals surface area contributed by atoms with E-state index in [9.17, 15) is 4.79 Å². The molecular weight excluding hydrogens is 152 g/mol. The second-order valence-electron chi connectivity index (χ2n) is 2.86. The van der Waals surface area contributed by atoms with Crippen LogP contribution in [0.15, 0.2) is 12.4 Å². The van der Waals surface area contributed by atoms with Gasteiger partial charge in [0, 0.05) is 6.04 Å². The molecule has 0 bridgehead atoms. The number of nitrogens with one attached hydrogen (secondary N) is 2. The van der Waals surface area contributed by atoms with Crippen molar-refractivity contribution >= 4 is 6.29 Å². The summed E-state index contributed by atoms with van der Waals surface area (Å²) in [6, 6.07) is 0.418. The summed E-state index contributed by atoms with van der Waals surface area (Å²) in [5.74, 6) is 0.725. The Balaban J connectivity index is 3.46. The van der Waals surface area contributed by atoms with Crippen molar-refractivity contribution in [3.63, 3.8) is 0 Å². The topological polar surface area (TPSA) is 41.1 Å². The van der Waals surface area contributed by atoms with Gasteiger partial charge in [-0.2, -0.15) is 0 Å². The molecule has 0 saturated heterocycles. The Hall–Kier alpha value is -0.990. The molecule has 0 spiro atoms. The summed E-state index contributed by atoms with van der Waals surface area (Å²) in [5.41, 5.74) is 0. The monoisotopic (exact) mass is 170 g/mol. The van der Waals surface area contributed by atoms with Crippen LogP contribution in [0.5, 0.6) is 0 Å². The van der Waals surface area contributed by atoms with Crippen molar-refractivity contribution in [2.45, 2.75) is 32.7 Å². The molecule has 1 unspecified atom stereocenters. The number of carbonyl (C=O) groups excluding carboxylic acids is 1. The molecule has 2 N–H and O–H groups in total. The van der Waals surface area contributed by atoms with Crippen LogP contribution in [0, 0.1) is 0 Å². The van der Waals surface area contributed by atoms with Gasteiger partial charge < -0.3 is 15.4 Å². The second kappa shape index (κ2) is 6.70. The third kappa shape index (κ3) is 5.77. The highest BCUT2D eigenvalue weighted by molar-refractivity contribution is 5.52. The zero-order valence-corrected chi connectivity index (χ0v) is 7.89. The summed E-state index contributed by atoms with van der Waals surface area (Å²) in [7, 11) is 0. The second-order valence-corrected chi connectivity index (χ2v) is 2.86. The van der Waals surface area contributed by atoms with Crippen LogP contribution in [-0.2, 0) is 4.79 Å². The Morgan fingerprint density at radius 1 is 1.67 bits per heavy atom. The molecule has 0 aliphatic rings. The molecule has 0 aromatic heterocycles. The maximum absolute atomic E-state index is 9.99. The average Bonchev–Trinajstić information content (AvgIpc) is 2.01. The van der Waals surface area contributed by atoms with Crippen LogP contribution in [0.2, 0.25) is 0 Å². The van der Waals surface area contributed by atoms with E-state index in [0.717, 1.165) is 24.9 Å². The van der Waals surface area contributed by atoms with Crippen molar-refractivity contribution in [3.05, 3.63) is 12.4 Å². The minimum absolute atomic E-state index is 0.324. The normalized spacial score (nSPS) is 11.8. The van der Waals surface area contributed by atoms with Crippen LogP contribution in [-0.4, -0.2) is 18.9 Å². The summed E-state index contributed by atoms with van der Waals surface area (Å²) in [5, 5.41) is 6.00. The summed E-state index contributed by atoms with van der Waals surface area (Å²) in [6.07, 6.45) is 3.08. The molecule has 0 saturated carbocycles. The van der Waals surface area contributed by atoms with Gasteiger partial charge in [0.15, 0.2) is 0 Å². The quantitative estimate of drug-likeness (QED) is 0.561. The third-order valence-electron chi connectivity index (χ3n) is 1.54. The maximum atomic E-state index is 9.99. The largest absolute Gasteiger partial charge is 0.370 e. The predicted octanol–water partition coefficient (Wildman–Crippen LogP) is 1.02. The van der Waals surface area contributed by atoms with Gasteiger partial charge in [-0.15, -0.1) is 0 Å². The summed E-state index contributed by atoms with van der Waals surface area (Å²) in [6.45, 7) is 8.29. The minimum atomic E-state index is 0.324. The fourth-order valence-corrected chi connectivity index (χ4v) is 1.02. The molecule has 0 aromatic rings. The van der Waals surface area contributed by atoms with Gasteiger partial charge in [-0.1, -0.05) is 19.9 Å². The van der Waals surface area contributed by atoms with E-state index in [1.54, 1.807) is 0 Å². The maximum Gasteiger partial charge on any atom is 0.139 e. The van der Waals surface area contributed by atoms with Crippen molar-refractivity contribution in [2.24, 2.45) is 0 Å². The standard InChI is InChI=1S/C9H18N2O/c1-4-5-8(2)11-9(3)10-6-7-12/h7-8,10-11H,3-6H2,1-2H3. The number of rotatable bonds is 7. The lowest BCUT2D eigenvalue weighted by molar-refractivity contribution is -0.107. The Kier molecular flexibility index (Phi) is 6.15. The molecule has 3 nitrogen and oxygen atoms in total. The van der Waals surface area contributed by atoms with E-state index in [4.69, 9.17) is 0 Å². The molecule has 0 radical (unpaired) electrons. The highest BCUT2D eigenvalue weighted by Crippen LogP contribution is 1.95. The van der Waals surface area contributed by atoms with Gasteiger partial charge >= 0.3 is 0 Å². The van der Waals surface area contributed by atoms with Crippen LogP contribution < -0.4 is 10.6 Å². The van der Waals surface area contributed by atoms with E-state index in [2.05, 4.69) is 31.1 Å². The van der Waals surface area contributed by atoms with Crippen molar-refractivity contribution in [3.8, 4) is 0 Å². The van der Waals surface area contributed by atoms with Crippen molar-refractivity contribution < 1.29 is 4.79 Å². The molecule has 1 atom stereocenters. The first-order valence-corrected chi connectivity index (χ1v) is 4.33. The van der Waals surface area contributed by atoms with Gasteiger partial charge in [0.05, 0.1) is 12.4 Å². The predicted molar refractivity (Wildman–Crippen MR) is 50.7 cm³/mol. The Labute approximate surface area is 74.2 Å². The molecule has 3 heteroatoms. The van der Waals surface area contributed by atoms with E-state index >= 15 is 0 Å². The van der Waals surface area contributed by atoms with Crippen LogP contribution in [0.1, 0.15) is 26.7 Å². The number of carbonyl (C=O) groups is 1. The number of hydrogen-bond acceptors (Lipinski definition) is 3. The highest BCUT2D eigenvalue weighted by atomic mass is 16.1. The molecule has 0 amide bonds. The van der Waals surface area contributed by atoms with Crippen LogP contribution in [0.3, 0.4) is 0 Å². The molecular formula is C9H18N2O. The molecule has 0 aliphatic carbocycles. The number of aldehydes is 1. The van der Waals surface area contributed by atoms with Gasteiger partial charge in [0.2, 0.25) is 0 Å². The van der Waals surface area contributed by atoms with Crippen molar-refractivity contribution in [2.75, 3.05) is 6.54 Å². The van der Waals surface area contributed by atoms with Gasteiger partial charge in [0.25, 0.3) is 0 Å². The highest BCUT2D eigenvalue weighted by Gasteiger charge is 1.99. The Morgan fingerprint density at radius 2 is 2.33 bits per heavy atom. The summed E-state index contributed by atoms with van der Waals surface area (Å²) >= 11 is 0. The molecule has 0 heterocycles. The van der Waals surface area contributed by atoms with E-state index in [1.165, 1.54) is 0 Å². The molecule has 12 heavy (non-hydrogen) atoms. The van der Waals surface area contributed by atoms with Crippen LogP contribution in [0.4, 0.5) is 0 Å². The lowest BCUT2D eigenvalue weighted by atomic mass is 10.2. The zero-order chi connectivity index (χ0) is 9.40. The van der Waals surface area contributed by atoms with E-state index in [1.807, 2.05) is 0 Å². The fourth-order valence-electron chi connectivity index (χ4n) is 1.02. The van der Waals surface area contributed by atoms with E-state index < -0.39 is 0 Å². The van der Waals surface area contributed by atoms with Crippen molar-refractivity contribution in [1.29, 1.82) is 0 Å². The molecule has 0 aromatic carbocycles. The SMILES string of the molecule is C=C(NCC=O)NC(C)CCC. The molecule has 0 aliphatic heterocycles. The van der Waals surface area contributed by atoms with Crippen LogP contribution >= 0.6 is 0 Å².